The number of nitrogens with zero attached hydrogens (tertiary/aromatic N) is 2. The van der Waals surface area contributed by atoms with E-state index in [0.29, 0.717) is 10.7 Å². The van der Waals surface area contributed by atoms with Gasteiger partial charge in [0.25, 0.3) is 0 Å². The SMILES string of the molecule is CC(=O)c1sc(N(C)C)nc1N. The van der Waals surface area contributed by atoms with Gasteiger partial charge in [0.15, 0.2) is 10.9 Å². The number of Topliss-reactive ketones (excluding diaryl/α,β-unsaturated/α-hetero) is 1. The summed E-state index contributed by atoms with van der Waals surface area (Å²) in [6, 6.07) is 0. The van der Waals surface area contributed by atoms with Gasteiger partial charge in [-0.1, -0.05) is 11.3 Å². The Morgan fingerprint density at radius 1 is 1.58 bits per heavy atom. The second-order valence-electron chi connectivity index (χ2n) is 2.66. The van der Waals surface area contributed by atoms with Gasteiger partial charge in [-0.15, -0.1) is 0 Å². The molecule has 1 rings (SSSR count). The van der Waals surface area contributed by atoms with Crippen molar-refractivity contribution in [2.45, 2.75) is 6.92 Å². The molecular weight excluding hydrogens is 174 g/mol. The van der Waals surface area contributed by atoms with Crippen LogP contribution in [0.1, 0.15) is 16.6 Å². The van der Waals surface area contributed by atoms with Crippen molar-refractivity contribution >= 4 is 28.1 Å². The summed E-state index contributed by atoms with van der Waals surface area (Å²) in [6.45, 7) is 1.49. The monoisotopic (exact) mass is 185 g/mol. The molecule has 4 nitrogen and oxygen atoms in total. The number of hydrogen-bond donors (Lipinski definition) is 1. The van der Waals surface area contributed by atoms with Gasteiger partial charge in [0.05, 0.1) is 0 Å². The molecule has 0 unspecified atom stereocenters. The van der Waals surface area contributed by atoms with Gasteiger partial charge in [0.1, 0.15) is 10.7 Å². The van der Waals surface area contributed by atoms with Crippen LogP contribution < -0.4 is 10.6 Å². The van der Waals surface area contributed by atoms with E-state index in [1.54, 1.807) is 0 Å². The van der Waals surface area contributed by atoms with E-state index in [1.807, 2.05) is 19.0 Å². The fourth-order valence-electron chi connectivity index (χ4n) is 0.764. The van der Waals surface area contributed by atoms with Gasteiger partial charge in [-0.05, 0) is 0 Å². The van der Waals surface area contributed by atoms with Crippen molar-refractivity contribution in [3.8, 4) is 0 Å². The van der Waals surface area contributed by atoms with E-state index in [-0.39, 0.29) is 5.78 Å². The van der Waals surface area contributed by atoms with E-state index in [4.69, 9.17) is 5.73 Å². The maximum absolute atomic E-state index is 11.0. The molecule has 0 bridgehead atoms. The van der Waals surface area contributed by atoms with Crippen molar-refractivity contribution in [1.82, 2.24) is 4.98 Å². The van der Waals surface area contributed by atoms with E-state index >= 15 is 0 Å². The number of rotatable bonds is 2. The Kier molecular flexibility index (Phi) is 2.32. The van der Waals surface area contributed by atoms with Crippen LogP contribution in [0.15, 0.2) is 0 Å². The molecule has 0 saturated carbocycles. The molecule has 1 aromatic heterocycles. The molecule has 0 aromatic carbocycles. The molecule has 0 aliphatic rings. The minimum absolute atomic E-state index is 0.0295. The second-order valence-corrected chi connectivity index (χ2v) is 3.64. The lowest BCUT2D eigenvalue weighted by atomic mass is 10.4. The average Bonchev–Trinajstić information content (AvgIpc) is 2.30. The fourth-order valence-corrected chi connectivity index (χ4v) is 1.57. The Morgan fingerprint density at radius 3 is 2.42 bits per heavy atom. The highest BCUT2D eigenvalue weighted by Gasteiger charge is 2.12. The summed E-state index contributed by atoms with van der Waals surface area (Å²) in [6.07, 6.45) is 0. The Bertz CT molecular complexity index is 306. The number of thiazole rings is 1. The Hall–Kier alpha value is -1.10. The lowest BCUT2D eigenvalue weighted by Crippen LogP contribution is -2.07. The summed E-state index contributed by atoms with van der Waals surface area (Å²) in [5, 5.41) is 0.762. The van der Waals surface area contributed by atoms with Crippen LogP contribution in [-0.2, 0) is 0 Å². The Labute approximate surface area is 75.0 Å². The minimum atomic E-state index is -0.0295. The Balaban J connectivity index is 3.09. The van der Waals surface area contributed by atoms with Crippen molar-refractivity contribution in [2.24, 2.45) is 0 Å². The third kappa shape index (κ3) is 1.55. The lowest BCUT2D eigenvalue weighted by molar-refractivity contribution is 0.102. The molecule has 0 spiro atoms. The van der Waals surface area contributed by atoms with Crippen LogP contribution in [0.25, 0.3) is 0 Å². The van der Waals surface area contributed by atoms with E-state index in [9.17, 15) is 4.79 Å². The highest BCUT2D eigenvalue weighted by Crippen LogP contribution is 2.26. The van der Waals surface area contributed by atoms with E-state index in [1.165, 1.54) is 18.3 Å². The predicted octanol–water partition coefficient (Wildman–Crippen LogP) is 0.994. The summed E-state index contributed by atoms with van der Waals surface area (Å²) in [7, 11) is 3.73. The minimum Gasteiger partial charge on any atom is -0.382 e. The van der Waals surface area contributed by atoms with Gasteiger partial charge in [0, 0.05) is 21.0 Å². The van der Waals surface area contributed by atoms with Crippen molar-refractivity contribution in [1.29, 1.82) is 0 Å². The van der Waals surface area contributed by atoms with Crippen LogP contribution in [0.3, 0.4) is 0 Å². The number of carbonyl (C=O) groups excluding carboxylic acids is 1. The summed E-state index contributed by atoms with van der Waals surface area (Å²) >= 11 is 1.32. The van der Waals surface area contributed by atoms with Gasteiger partial charge in [0.2, 0.25) is 0 Å². The molecule has 12 heavy (non-hydrogen) atoms. The first-order valence-corrected chi connectivity index (χ1v) is 4.28. The number of nitrogens with two attached hydrogens (primary N) is 1. The highest BCUT2D eigenvalue weighted by molar-refractivity contribution is 7.18. The largest absolute Gasteiger partial charge is 0.382 e. The number of anilines is 2. The average molecular weight is 185 g/mol. The molecule has 1 heterocycles. The van der Waals surface area contributed by atoms with Gasteiger partial charge in [-0.25, -0.2) is 4.98 Å². The number of ketones is 1. The number of aromatic nitrogens is 1. The van der Waals surface area contributed by atoms with Crippen molar-refractivity contribution in [3.63, 3.8) is 0 Å². The molecule has 66 valence electrons. The van der Waals surface area contributed by atoms with Crippen LogP contribution in [0.5, 0.6) is 0 Å². The molecule has 0 amide bonds. The van der Waals surface area contributed by atoms with Gasteiger partial charge >= 0.3 is 0 Å². The van der Waals surface area contributed by atoms with Crippen LogP contribution in [0.4, 0.5) is 10.9 Å². The molecule has 0 fully saturated rings. The van der Waals surface area contributed by atoms with Crippen molar-refractivity contribution in [3.05, 3.63) is 4.88 Å². The molecule has 0 radical (unpaired) electrons. The first kappa shape index (κ1) is 8.99. The summed E-state index contributed by atoms with van der Waals surface area (Å²) in [5.74, 6) is 0.300. The molecular formula is C7H11N3OS. The van der Waals surface area contributed by atoms with E-state index in [2.05, 4.69) is 4.98 Å². The zero-order valence-corrected chi connectivity index (χ0v) is 8.10. The third-order valence-electron chi connectivity index (χ3n) is 1.34. The Morgan fingerprint density at radius 2 is 2.17 bits per heavy atom. The third-order valence-corrected chi connectivity index (χ3v) is 2.68. The summed E-state index contributed by atoms with van der Waals surface area (Å²) in [5.41, 5.74) is 5.53. The topological polar surface area (TPSA) is 59.2 Å². The maximum atomic E-state index is 11.0. The normalized spacial score (nSPS) is 9.92. The first-order valence-electron chi connectivity index (χ1n) is 3.47. The molecule has 5 heteroatoms. The van der Waals surface area contributed by atoms with E-state index < -0.39 is 0 Å². The molecule has 0 saturated heterocycles. The van der Waals surface area contributed by atoms with E-state index in [0.717, 1.165) is 5.13 Å². The summed E-state index contributed by atoms with van der Waals surface area (Å²) in [4.78, 5) is 17.4. The smallest absolute Gasteiger partial charge is 0.187 e. The second kappa shape index (κ2) is 3.10. The predicted molar refractivity (Wildman–Crippen MR) is 50.9 cm³/mol. The van der Waals surface area contributed by atoms with Crippen LogP contribution in [0.2, 0.25) is 0 Å². The van der Waals surface area contributed by atoms with Crippen LogP contribution in [-0.4, -0.2) is 24.9 Å². The molecule has 0 atom stereocenters. The lowest BCUT2D eigenvalue weighted by Gasteiger charge is -2.04. The zero-order valence-electron chi connectivity index (χ0n) is 7.29. The number of carbonyl (C=O) groups is 1. The molecule has 0 aliphatic carbocycles. The molecule has 2 N–H and O–H groups in total. The number of nitrogen functional groups attached to an aromatic ring is 1. The summed E-state index contributed by atoms with van der Waals surface area (Å²) < 4.78 is 0. The fraction of sp³-hybridized carbons (Fsp3) is 0.429. The standard InChI is InChI=1S/C7H11N3OS/c1-4(11)5-6(8)9-7(12-5)10(2)3/h8H2,1-3H3. The van der Waals surface area contributed by atoms with Crippen molar-refractivity contribution < 1.29 is 4.79 Å². The highest BCUT2D eigenvalue weighted by atomic mass is 32.1. The van der Waals surface area contributed by atoms with Crippen LogP contribution in [0, 0.1) is 0 Å². The van der Waals surface area contributed by atoms with Crippen molar-refractivity contribution in [2.75, 3.05) is 24.7 Å². The van der Waals surface area contributed by atoms with Gasteiger partial charge in [-0.3, -0.25) is 4.79 Å². The quantitative estimate of drug-likeness (QED) is 0.698. The zero-order chi connectivity index (χ0) is 9.30. The van der Waals surface area contributed by atoms with Gasteiger partial charge in [-0.2, -0.15) is 0 Å². The molecule has 1 aromatic rings. The first-order chi connectivity index (χ1) is 5.52. The molecule has 0 aliphatic heterocycles. The van der Waals surface area contributed by atoms with Crippen LogP contribution >= 0.6 is 11.3 Å². The maximum Gasteiger partial charge on any atom is 0.187 e. The number of hydrogen-bond acceptors (Lipinski definition) is 5. The van der Waals surface area contributed by atoms with Gasteiger partial charge < -0.3 is 10.6 Å².